The Morgan fingerprint density at radius 2 is 2.05 bits per heavy atom. The van der Waals surface area contributed by atoms with Crippen LogP contribution in [-0.2, 0) is 6.42 Å². The van der Waals surface area contributed by atoms with Crippen molar-refractivity contribution >= 4 is 28.9 Å². The van der Waals surface area contributed by atoms with Crippen LogP contribution in [0.4, 0.5) is 0 Å². The van der Waals surface area contributed by atoms with Crippen molar-refractivity contribution in [2.75, 3.05) is 0 Å². The highest BCUT2D eigenvalue weighted by atomic mass is 35.5. The molecule has 1 aliphatic carbocycles. The first-order valence-electron chi connectivity index (χ1n) is 6.11. The van der Waals surface area contributed by atoms with Crippen LogP contribution in [0.3, 0.4) is 0 Å². The van der Waals surface area contributed by atoms with Gasteiger partial charge >= 0.3 is 5.97 Å². The first-order valence-corrected chi connectivity index (χ1v) is 7.30. The van der Waals surface area contributed by atoms with E-state index in [-0.39, 0.29) is 0 Å². The number of thiazole rings is 1. The second kappa shape index (κ2) is 4.94. The van der Waals surface area contributed by atoms with Crippen molar-refractivity contribution in [1.29, 1.82) is 0 Å². The normalized spacial score (nSPS) is 14.6. The van der Waals surface area contributed by atoms with Gasteiger partial charge in [0, 0.05) is 17.4 Å². The quantitative estimate of drug-likeness (QED) is 0.928. The number of benzene rings is 1. The monoisotopic (exact) mass is 293 g/mol. The highest BCUT2D eigenvalue weighted by Crippen LogP contribution is 2.42. The molecule has 3 rings (SSSR count). The van der Waals surface area contributed by atoms with Crippen LogP contribution < -0.4 is 0 Å². The SMILES string of the molecule is O=C(O)c1sc(Cc2ccc(Cl)cc2)nc1C1CC1. The number of hydrogen-bond acceptors (Lipinski definition) is 3. The molecule has 1 heterocycles. The Balaban J connectivity index is 1.86. The van der Waals surface area contributed by atoms with Crippen LogP contribution in [0.2, 0.25) is 5.02 Å². The molecule has 1 aromatic heterocycles. The third-order valence-electron chi connectivity index (χ3n) is 3.12. The van der Waals surface area contributed by atoms with Crippen molar-refractivity contribution < 1.29 is 9.90 Å². The minimum absolute atomic E-state index is 0.362. The molecule has 1 N–H and O–H groups in total. The molecule has 98 valence electrons. The Morgan fingerprint density at radius 3 is 2.63 bits per heavy atom. The second-order valence-corrected chi connectivity index (χ2v) is 6.22. The summed E-state index contributed by atoms with van der Waals surface area (Å²) in [6, 6.07) is 7.57. The van der Waals surface area contributed by atoms with Crippen molar-refractivity contribution in [3.05, 3.63) is 50.4 Å². The Kier molecular flexibility index (Phi) is 3.29. The zero-order valence-corrected chi connectivity index (χ0v) is 11.7. The highest BCUT2D eigenvalue weighted by Gasteiger charge is 2.31. The molecule has 0 atom stereocenters. The van der Waals surface area contributed by atoms with Crippen molar-refractivity contribution in [2.24, 2.45) is 0 Å². The Hall–Kier alpha value is -1.39. The number of carbonyl (C=O) groups is 1. The van der Waals surface area contributed by atoms with E-state index < -0.39 is 5.97 Å². The van der Waals surface area contributed by atoms with Crippen LogP contribution >= 0.6 is 22.9 Å². The van der Waals surface area contributed by atoms with E-state index in [1.165, 1.54) is 11.3 Å². The number of aromatic nitrogens is 1. The number of carboxylic acids is 1. The lowest BCUT2D eigenvalue weighted by Gasteiger charge is -1.97. The van der Waals surface area contributed by atoms with Crippen molar-refractivity contribution in [2.45, 2.75) is 25.2 Å². The van der Waals surface area contributed by atoms with E-state index in [9.17, 15) is 9.90 Å². The third kappa shape index (κ3) is 2.80. The van der Waals surface area contributed by atoms with Crippen LogP contribution in [0.5, 0.6) is 0 Å². The van der Waals surface area contributed by atoms with Crippen LogP contribution in [0.15, 0.2) is 24.3 Å². The molecule has 1 aromatic carbocycles. The molecule has 0 amide bonds. The van der Waals surface area contributed by atoms with Crippen LogP contribution in [0.1, 0.15) is 44.7 Å². The van der Waals surface area contributed by atoms with E-state index in [2.05, 4.69) is 4.98 Å². The fourth-order valence-electron chi connectivity index (χ4n) is 2.02. The molecular weight excluding hydrogens is 282 g/mol. The minimum atomic E-state index is -0.859. The van der Waals surface area contributed by atoms with Gasteiger partial charge in [0.15, 0.2) is 0 Å². The number of nitrogens with zero attached hydrogens (tertiary/aromatic N) is 1. The van der Waals surface area contributed by atoms with Gasteiger partial charge in [-0.2, -0.15) is 0 Å². The Bertz CT molecular complexity index is 617. The summed E-state index contributed by atoms with van der Waals surface area (Å²) in [6.07, 6.45) is 2.78. The number of carboxylic acid groups (broad SMARTS) is 1. The first-order chi connectivity index (χ1) is 9.13. The highest BCUT2D eigenvalue weighted by molar-refractivity contribution is 7.13. The van der Waals surface area contributed by atoms with Gasteiger partial charge in [0.1, 0.15) is 4.88 Å². The molecule has 5 heteroatoms. The van der Waals surface area contributed by atoms with Crippen molar-refractivity contribution in [1.82, 2.24) is 4.98 Å². The van der Waals surface area contributed by atoms with Gasteiger partial charge in [-0.25, -0.2) is 9.78 Å². The summed E-state index contributed by atoms with van der Waals surface area (Å²) in [6.45, 7) is 0. The summed E-state index contributed by atoms with van der Waals surface area (Å²) in [4.78, 5) is 16.1. The zero-order chi connectivity index (χ0) is 13.4. The average Bonchev–Trinajstić information content (AvgIpc) is 3.13. The van der Waals surface area contributed by atoms with Gasteiger partial charge in [0.05, 0.1) is 10.7 Å². The minimum Gasteiger partial charge on any atom is -0.477 e. The summed E-state index contributed by atoms with van der Waals surface area (Å²) < 4.78 is 0. The fraction of sp³-hybridized carbons (Fsp3) is 0.286. The predicted octanol–water partition coefficient (Wildman–Crippen LogP) is 3.96. The van der Waals surface area contributed by atoms with Gasteiger partial charge in [0.2, 0.25) is 0 Å². The summed E-state index contributed by atoms with van der Waals surface area (Å²) in [5.41, 5.74) is 1.87. The van der Waals surface area contributed by atoms with Gasteiger partial charge < -0.3 is 5.11 Å². The topological polar surface area (TPSA) is 50.2 Å². The molecule has 1 aliphatic rings. The van der Waals surface area contributed by atoms with E-state index >= 15 is 0 Å². The van der Waals surface area contributed by atoms with E-state index in [4.69, 9.17) is 11.6 Å². The van der Waals surface area contributed by atoms with E-state index in [1.54, 1.807) is 0 Å². The molecule has 0 radical (unpaired) electrons. The van der Waals surface area contributed by atoms with Gasteiger partial charge in [-0.05, 0) is 30.5 Å². The third-order valence-corrected chi connectivity index (χ3v) is 4.44. The molecule has 0 spiro atoms. The van der Waals surface area contributed by atoms with E-state index in [0.29, 0.717) is 22.2 Å². The standard InChI is InChI=1S/C14H12ClNO2S/c15-10-5-1-8(2-6-10)7-11-16-12(9-3-4-9)13(19-11)14(17)18/h1-2,5-6,9H,3-4,7H2,(H,17,18). The average molecular weight is 294 g/mol. The van der Waals surface area contributed by atoms with Crippen LogP contribution in [0.25, 0.3) is 0 Å². The second-order valence-electron chi connectivity index (χ2n) is 4.70. The van der Waals surface area contributed by atoms with Crippen LogP contribution in [-0.4, -0.2) is 16.1 Å². The smallest absolute Gasteiger partial charge is 0.347 e. The van der Waals surface area contributed by atoms with Gasteiger partial charge in [-0.1, -0.05) is 23.7 Å². The number of aromatic carboxylic acids is 1. The molecular formula is C14H12ClNO2S. The molecule has 1 fully saturated rings. The lowest BCUT2D eigenvalue weighted by atomic mass is 10.1. The Morgan fingerprint density at radius 1 is 1.37 bits per heavy atom. The summed E-state index contributed by atoms with van der Waals surface area (Å²) in [5, 5.41) is 10.8. The molecule has 1 saturated carbocycles. The van der Waals surface area contributed by atoms with Gasteiger partial charge in [-0.3, -0.25) is 0 Å². The molecule has 0 aliphatic heterocycles. The summed E-state index contributed by atoms with van der Waals surface area (Å²) >= 11 is 7.14. The number of hydrogen-bond donors (Lipinski definition) is 1. The van der Waals surface area contributed by atoms with E-state index in [1.807, 2.05) is 24.3 Å². The van der Waals surface area contributed by atoms with Gasteiger partial charge in [-0.15, -0.1) is 11.3 Å². The van der Waals surface area contributed by atoms with Crippen molar-refractivity contribution in [3.63, 3.8) is 0 Å². The maximum atomic E-state index is 11.2. The number of halogens is 1. The van der Waals surface area contributed by atoms with E-state index in [0.717, 1.165) is 29.1 Å². The largest absolute Gasteiger partial charge is 0.477 e. The molecule has 19 heavy (non-hydrogen) atoms. The maximum Gasteiger partial charge on any atom is 0.347 e. The lowest BCUT2D eigenvalue weighted by Crippen LogP contribution is -1.97. The Labute approximate surface area is 119 Å². The fourth-order valence-corrected chi connectivity index (χ4v) is 3.17. The summed E-state index contributed by atoms with van der Waals surface area (Å²) in [7, 11) is 0. The molecule has 0 bridgehead atoms. The molecule has 3 nitrogen and oxygen atoms in total. The van der Waals surface area contributed by atoms with Crippen molar-refractivity contribution in [3.8, 4) is 0 Å². The number of rotatable bonds is 4. The molecule has 2 aromatic rings. The van der Waals surface area contributed by atoms with Crippen LogP contribution in [0, 0.1) is 0 Å². The summed E-state index contributed by atoms with van der Waals surface area (Å²) in [5.74, 6) is -0.497. The zero-order valence-electron chi connectivity index (χ0n) is 10.1. The molecule has 0 unspecified atom stereocenters. The molecule has 0 saturated heterocycles. The first kappa shape index (κ1) is 12.6. The van der Waals surface area contributed by atoms with Gasteiger partial charge in [0.25, 0.3) is 0 Å². The maximum absolute atomic E-state index is 11.2. The lowest BCUT2D eigenvalue weighted by molar-refractivity contribution is 0.0700. The predicted molar refractivity (Wildman–Crippen MR) is 75.3 cm³/mol.